The fraction of sp³-hybridized carbons (Fsp3) is 0.250. The summed E-state index contributed by atoms with van der Waals surface area (Å²) in [6, 6.07) is 7.69. The second-order valence-corrected chi connectivity index (χ2v) is 4.45. The van der Waals surface area contributed by atoms with Crippen molar-refractivity contribution in [3.05, 3.63) is 36.0 Å². The van der Waals surface area contributed by atoms with E-state index in [9.17, 15) is 0 Å². The van der Waals surface area contributed by atoms with Crippen molar-refractivity contribution in [3.63, 3.8) is 0 Å². The Morgan fingerprint density at radius 3 is 2.41 bits per heavy atom. The molecule has 4 N–H and O–H groups in total. The zero-order valence-corrected chi connectivity index (χ0v) is 13.4. The molecule has 0 aliphatic heterocycles. The third kappa shape index (κ3) is 4.66. The van der Waals surface area contributed by atoms with Crippen LogP contribution in [0.3, 0.4) is 0 Å². The van der Waals surface area contributed by atoms with Crippen LogP contribution in [0.4, 0.5) is 5.69 Å². The fourth-order valence-electron chi connectivity index (χ4n) is 1.74. The van der Waals surface area contributed by atoms with Gasteiger partial charge in [-0.15, -0.1) is 0 Å². The minimum absolute atomic E-state index is 0.232. The van der Waals surface area contributed by atoms with Crippen LogP contribution in [0.15, 0.2) is 50.4 Å². The summed E-state index contributed by atoms with van der Waals surface area (Å²) in [6.45, 7) is 3.86. The number of hydrogen-bond acceptors (Lipinski definition) is 4. The van der Waals surface area contributed by atoms with Gasteiger partial charge in [-0.1, -0.05) is 12.1 Å². The third-order valence-electron chi connectivity index (χ3n) is 2.92. The summed E-state index contributed by atoms with van der Waals surface area (Å²) in [7, 11) is 3.18. The molecule has 6 nitrogen and oxygen atoms in total. The number of rotatable bonds is 5. The van der Waals surface area contributed by atoms with Gasteiger partial charge >= 0.3 is 0 Å². The summed E-state index contributed by atoms with van der Waals surface area (Å²) in [4.78, 5) is 16.4. The molecule has 116 valence electrons. The van der Waals surface area contributed by atoms with E-state index < -0.39 is 0 Å². The van der Waals surface area contributed by atoms with Crippen LogP contribution < -0.4 is 11.5 Å². The Morgan fingerprint density at radius 1 is 1.09 bits per heavy atom. The lowest BCUT2D eigenvalue weighted by molar-refractivity contribution is 1.39. The van der Waals surface area contributed by atoms with Crippen molar-refractivity contribution in [1.29, 1.82) is 0 Å². The molecule has 1 aromatic rings. The minimum Gasteiger partial charge on any atom is -0.382 e. The molecular formula is C16H22N6. The van der Waals surface area contributed by atoms with E-state index in [-0.39, 0.29) is 11.7 Å². The Hall–Kier alpha value is -2.76. The molecule has 0 aliphatic carbocycles. The SMILES string of the molecule is CC=N/C=C(\C)c1cccc(N=C(N)C(=NC)C(N)=NC)c1. The maximum atomic E-state index is 5.96. The fourth-order valence-corrected chi connectivity index (χ4v) is 1.74. The zero-order valence-electron chi connectivity index (χ0n) is 13.4. The van der Waals surface area contributed by atoms with Gasteiger partial charge < -0.3 is 11.5 Å². The van der Waals surface area contributed by atoms with E-state index in [0.717, 1.165) is 11.1 Å². The van der Waals surface area contributed by atoms with Crippen LogP contribution in [-0.4, -0.2) is 37.7 Å². The van der Waals surface area contributed by atoms with Gasteiger partial charge in [0.2, 0.25) is 0 Å². The summed E-state index contributed by atoms with van der Waals surface area (Å²) < 4.78 is 0. The predicted octanol–water partition coefficient (Wildman–Crippen LogP) is 2.18. The first kappa shape index (κ1) is 17.3. The van der Waals surface area contributed by atoms with Gasteiger partial charge in [-0.05, 0) is 37.1 Å². The number of nitrogens with two attached hydrogens (primary N) is 2. The van der Waals surface area contributed by atoms with Gasteiger partial charge in [-0.2, -0.15) is 0 Å². The molecule has 0 bridgehead atoms. The quantitative estimate of drug-likeness (QED) is 0.643. The summed E-state index contributed by atoms with van der Waals surface area (Å²) >= 11 is 0. The van der Waals surface area contributed by atoms with E-state index in [1.54, 1.807) is 26.5 Å². The number of hydrogen-bond donors (Lipinski definition) is 2. The smallest absolute Gasteiger partial charge is 0.153 e. The lowest BCUT2D eigenvalue weighted by atomic mass is 10.1. The highest BCUT2D eigenvalue weighted by atomic mass is 15.0. The van der Waals surface area contributed by atoms with Crippen molar-refractivity contribution in [1.82, 2.24) is 0 Å². The summed E-state index contributed by atoms with van der Waals surface area (Å²) in [5.74, 6) is 0.490. The molecule has 0 atom stereocenters. The molecule has 0 unspecified atom stereocenters. The van der Waals surface area contributed by atoms with Gasteiger partial charge in [0.05, 0.1) is 5.69 Å². The van der Waals surface area contributed by atoms with Crippen molar-refractivity contribution in [2.75, 3.05) is 14.1 Å². The molecule has 0 heterocycles. The largest absolute Gasteiger partial charge is 0.382 e. The van der Waals surface area contributed by atoms with E-state index in [4.69, 9.17) is 11.5 Å². The monoisotopic (exact) mass is 298 g/mol. The van der Waals surface area contributed by atoms with Crippen LogP contribution >= 0.6 is 0 Å². The molecular weight excluding hydrogens is 276 g/mol. The Morgan fingerprint density at radius 2 is 1.82 bits per heavy atom. The molecule has 22 heavy (non-hydrogen) atoms. The van der Waals surface area contributed by atoms with Gasteiger partial charge in [0.15, 0.2) is 5.84 Å². The van der Waals surface area contributed by atoms with Gasteiger partial charge in [-0.3, -0.25) is 15.0 Å². The first-order chi connectivity index (χ1) is 10.5. The Labute approximate surface area is 131 Å². The standard InChI is InChI=1S/C16H22N6/c1-5-21-10-11(2)12-7-6-8-13(9-12)22-16(18)14(19-3)15(17)20-4/h5-10H,1-4H3,(H2,17,20)(H2,18,22)/b11-10+,19-14?,21-5?. The Bertz CT molecular complexity index is 665. The molecule has 0 amide bonds. The van der Waals surface area contributed by atoms with Crippen molar-refractivity contribution < 1.29 is 0 Å². The number of nitrogens with zero attached hydrogens (tertiary/aromatic N) is 4. The van der Waals surface area contributed by atoms with Gasteiger partial charge in [0.25, 0.3) is 0 Å². The highest BCUT2D eigenvalue weighted by Crippen LogP contribution is 2.20. The maximum Gasteiger partial charge on any atom is 0.153 e. The number of benzene rings is 1. The Balaban J connectivity index is 3.16. The van der Waals surface area contributed by atoms with E-state index in [1.165, 1.54) is 0 Å². The van der Waals surface area contributed by atoms with Crippen molar-refractivity contribution in [3.8, 4) is 0 Å². The number of amidine groups is 2. The second kappa shape index (κ2) is 8.51. The molecule has 1 rings (SSSR count). The van der Waals surface area contributed by atoms with Crippen LogP contribution in [-0.2, 0) is 0 Å². The van der Waals surface area contributed by atoms with Crippen LogP contribution in [0.25, 0.3) is 5.57 Å². The van der Waals surface area contributed by atoms with Crippen molar-refractivity contribution >= 4 is 34.9 Å². The lowest BCUT2D eigenvalue weighted by Crippen LogP contribution is -2.35. The van der Waals surface area contributed by atoms with Crippen LogP contribution in [0.1, 0.15) is 19.4 Å². The molecule has 0 saturated carbocycles. The molecule has 0 spiro atoms. The summed E-state index contributed by atoms with van der Waals surface area (Å²) in [5.41, 5.74) is 14.9. The Kier molecular flexibility index (Phi) is 6.69. The molecule has 0 aromatic heterocycles. The minimum atomic E-state index is 0.232. The van der Waals surface area contributed by atoms with Crippen molar-refractivity contribution in [2.24, 2.45) is 31.4 Å². The maximum absolute atomic E-state index is 5.96. The van der Waals surface area contributed by atoms with E-state index in [1.807, 2.05) is 38.1 Å². The zero-order chi connectivity index (χ0) is 16.5. The highest BCUT2D eigenvalue weighted by Gasteiger charge is 2.08. The summed E-state index contributed by atoms with van der Waals surface area (Å²) in [6.07, 6.45) is 3.53. The number of aliphatic imine (C=N–C) groups is 4. The molecule has 0 aliphatic rings. The predicted molar refractivity (Wildman–Crippen MR) is 96.4 cm³/mol. The second-order valence-electron chi connectivity index (χ2n) is 4.45. The average molecular weight is 298 g/mol. The lowest BCUT2D eigenvalue weighted by Gasteiger charge is -2.05. The van der Waals surface area contributed by atoms with Crippen LogP contribution in [0.5, 0.6) is 0 Å². The normalized spacial score (nSPS) is 14.7. The average Bonchev–Trinajstić information content (AvgIpc) is 2.53. The molecule has 0 fully saturated rings. The van der Waals surface area contributed by atoms with Crippen LogP contribution in [0, 0.1) is 0 Å². The van der Waals surface area contributed by atoms with Crippen molar-refractivity contribution in [2.45, 2.75) is 13.8 Å². The first-order valence-electron chi connectivity index (χ1n) is 6.82. The van der Waals surface area contributed by atoms with Gasteiger partial charge in [0.1, 0.15) is 11.5 Å². The topological polar surface area (TPSA) is 101 Å². The summed E-state index contributed by atoms with van der Waals surface area (Å²) in [5, 5.41) is 0. The molecule has 6 heteroatoms. The molecule has 0 saturated heterocycles. The third-order valence-corrected chi connectivity index (χ3v) is 2.92. The van der Waals surface area contributed by atoms with E-state index in [2.05, 4.69) is 20.0 Å². The first-order valence-corrected chi connectivity index (χ1v) is 6.82. The van der Waals surface area contributed by atoms with Crippen LogP contribution in [0.2, 0.25) is 0 Å². The molecule has 0 radical (unpaired) electrons. The molecule has 1 aromatic carbocycles. The number of allylic oxidation sites excluding steroid dienone is 1. The van der Waals surface area contributed by atoms with E-state index in [0.29, 0.717) is 11.4 Å². The highest BCUT2D eigenvalue weighted by molar-refractivity contribution is 6.67. The van der Waals surface area contributed by atoms with Gasteiger partial charge in [-0.25, -0.2) is 4.99 Å². The van der Waals surface area contributed by atoms with E-state index >= 15 is 0 Å². The van der Waals surface area contributed by atoms with Gasteiger partial charge in [0, 0.05) is 26.5 Å².